The standard InChI is InChI=1S/C18H21N5/c1-13-11-23(16-8-9-16)18(20-15-10-19-22(2)12-15)21-17(13)14-6-4-3-5-7-14/h3-7,10-12,16,18,20H,8-9H2,1-2H3. The number of nitrogens with one attached hydrogen (secondary N) is 1. The number of benzene rings is 1. The van der Waals surface area contributed by atoms with Gasteiger partial charge in [0, 0.05) is 31.0 Å². The topological polar surface area (TPSA) is 45.5 Å². The smallest absolute Gasteiger partial charge is 0.197 e. The Morgan fingerprint density at radius 2 is 1.96 bits per heavy atom. The van der Waals surface area contributed by atoms with Crippen LogP contribution in [0.3, 0.4) is 0 Å². The van der Waals surface area contributed by atoms with Crippen molar-refractivity contribution in [2.45, 2.75) is 32.1 Å². The summed E-state index contributed by atoms with van der Waals surface area (Å²) < 4.78 is 1.80. The second kappa shape index (κ2) is 5.57. The number of rotatable bonds is 4. The molecule has 5 nitrogen and oxygen atoms in total. The van der Waals surface area contributed by atoms with Crippen LogP contribution in [0, 0.1) is 0 Å². The molecule has 1 aromatic carbocycles. The van der Waals surface area contributed by atoms with E-state index in [1.807, 2.05) is 25.5 Å². The lowest BCUT2D eigenvalue weighted by Crippen LogP contribution is -2.41. The van der Waals surface area contributed by atoms with Gasteiger partial charge >= 0.3 is 0 Å². The highest BCUT2D eigenvalue weighted by Gasteiger charge is 2.34. The molecule has 2 aromatic rings. The summed E-state index contributed by atoms with van der Waals surface area (Å²) in [6, 6.07) is 11.0. The van der Waals surface area contributed by atoms with Crippen LogP contribution in [0.4, 0.5) is 5.69 Å². The molecule has 1 unspecified atom stereocenters. The van der Waals surface area contributed by atoms with Crippen molar-refractivity contribution in [1.29, 1.82) is 0 Å². The fourth-order valence-electron chi connectivity index (χ4n) is 2.97. The van der Waals surface area contributed by atoms with Crippen molar-refractivity contribution in [1.82, 2.24) is 14.7 Å². The molecule has 0 amide bonds. The predicted octanol–water partition coefficient (Wildman–Crippen LogP) is 2.99. The van der Waals surface area contributed by atoms with Crippen molar-refractivity contribution in [3.63, 3.8) is 0 Å². The molecule has 1 aliphatic heterocycles. The van der Waals surface area contributed by atoms with Gasteiger partial charge in [0.2, 0.25) is 0 Å². The van der Waals surface area contributed by atoms with Crippen molar-refractivity contribution in [2.75, 3.05) is 5.32 Å². The summed E-state index contributed by atoms with van der Waals surface area (Å²) in [5.41, 5.74) is 4.43. The van der Waals surface area contributed by atoms with Crippen molar-refractivity contribution < 1.29 is 0 Å². The predicted molar refractivity (Wildman–Crippen MR) is 92.2 cm³/mol. The van der Waals surface area contributed by atoms with Crippen LogP contribution in [-0.4, -0.2) is 32.7 Å². The largest absolute Gasteiger partial charge is 0.344 e. The number of nitrogens with zero attached hydrogens (tertiary/aromatic N) is 4. The van der Waals surface area contributed by atoms with E-state index in [9.17, 15) is 0 Å². The van der Waals surface area contributed by atoms with Crippen LogP contribution in [0.5, 0.6) is 0 Å². The van der Waals surface area contributed by atoms with Gasteiger partial charge in [-0.2, -0.15) is 5.10 Å². The maximum atomic E-state index is 5.01. The van der Waals surface area contributed by atoms with Gasteiger partial charge in [0.25, 0.3) is 0 Å². The molecule has 118 valence electrons. The quantitative estimate of drug-likeness (QED) is 0.944. The Kier molecular flexibility index (Phi) is 3.41. The Bertz CT molecular complexity index is 755. The molecule has 1 fully saturated rings. The molecule has 1 atom stereocenters. The van der Waals surface area contributed by atoms with E-state index in [2.05, 4.69) is 52.7 Å². The van der Waals surface area contributed by atoms with Crippen LogP contribution in [0.2, 0.25) is 0 Å². The van der Waals surface area contributed by atoms with Crippen LogP contribution in [-0.2, 0) is 7.05 Å². The van der Waals surface area contributed by atoms with Crippen molar-refractivity contribution in [3.8, 4) is 0 Å². The number of anilines is 1. The molecular formula is C18H21N5. The van der Waals surface area contributed by atoms with Gasteiger partial charge in [0.1, 0.15) is 0 Å². The fraction of sp³-hybridized carbons (Fsp3) is 0.333. The lowest BCUT2D eigenvalue weighted by atomic mass is 10.0. The highest BCUT2D eigenvalue weighted by molar-refractivity contribution is 6.12. The van der Waals surface area contributed by atoms with Crippen molar-refractivity contribution >= 4 is 11.4 Å². The third-order valence-corrected chi connectivity index (χ3v) is 4.27. The number of aliphatic imine (C=N–C) groups is 1. The molecule has 23 heavy (non-hydrogen) atoms. The average molecular weight is 307 g/mol. The summed E-state index contributed by atoms with van der Waals surface area (Å²) in [5.74, 6) is 0. The van der Waals surface area contributed by atoms with Gasteiger partial charge in [0.05, 0.1) is 17.6 Å². The van der Waals surface area contributed by atoms with E-state index in [4.69, 9.17) is 4.99 Å². The normalized spacial score (nSPS) is 21.0. The lowest BCUT2D eigenvalue weighted by Gasteiger charge is -2.33. The summed E-state index contributed by atoms with van der Waals surface area (Å²) >= 11 is 0. The van der Waals surface area contributed by atoms with E-state index in [1.54, 1.807) is 4.68 Å². The van der Waals surface area contributed by atoms with E-state index in [-0.39, 0.29) is 6.29 Å². The molecule has 5 heteroatoms. The Morgan fingerprint density at radius 3 is 2.61 bits per heavy atom. The van der Waals surface area contributed by atoms with Gasteiger partial charge in [-0.3, -0.25) is 4.68 Å². The van der Waals surface area contributed by atoms with Crippen LogP contribution in [0.1, 0.15) is 25.3 Å². The molecule has 1 aliphatic carbocycles. The molecule has 1 saturated carbocycles. The van der Waals surface area contributed by atoms with Gasteiger partial charge < -0.3 is 10.2 Å². The summed E-state index contributed by atoms with van der Waals surface area (Å²) in [7, 11) is 1.92. The highest BCUT2D eigenvalue weighted by Crippen LogP contribution is 2.33. The third kappa shape index (κ3) is 2.86. The summed E-state index contributed by atoms with van der Waals surface area (Å²) in [5, 5.41) is 7.74. The zero-order valence-electron chi connectivity index (χ0n) is 13.5. The summed E-state index contributed by atoms with van der Waals surface area (Å²) in [6.45, 7) is 2.14. The Morgan fingerprint density at radius 1 is 1.17 bits per heavy atom. The minimum atomic E-state index is -0.0781. The van der Waals surface area contributed by atoms with Crippen molar-refractivity contribution in [3.05, 3.63) is 60.1 Å². The van der Waals surface area contributed by atoms with Crippen molar-refractivity contribution in [2.24, 2.45) is 12.0 Å². The molecule has 2 heterocycles. The van der Waals surface area contributed by atoms with Crippen LogP contribution >= 0.6 is 0 Å². The number of aromatic nitrogens is 2. The van der Waals surface area contributed by atoms with Gasteiger partial charge in [-0.15, -0.1) is 0 Å². The minimum absolute atomic E-state index is 0.0781. The molecule has 0 saturated heterocycles. The minimum Gasteiger partial charge on any atom is -0.344 e. The van der Waals surface area contributed by atoms with Gasteiger partial charge in [-0.25, -0.2) is 4.99 Å². The molecule has 0 radical (unpaired) electrons. The lowest BCUT2D eigenvalue weighted by molar-refractivity contribution is 0.293. The number of allylic oxidation sites excluding steroid dienone is 1. The van der Waals surface area contributed by atoms with Crippen LogP contribution in [0.25, 0.3) is 0 Å². The van der Waals surface area contributed by atoms with Gasteiger partial charge in [0.15, 0.2) is 6.29 Å². The first-order chi connectivity index (χ1) is 11.2. The second-order valence-corrected chi connectivity index (χ2v) is 6.25. The zero-order valence-corrected chi connectivity index (χ0v) is 13.5. The molecule has 1 aromatic heterocycles. The van der Waals surface area contributed by atoms with E-state index in [0.717, 1.165) is 17.0 Å². The SMILES string of the molecule is CC1=CN(C2CC2)C(Nc2cnn(C)c2)N=C1c1ccccc1. The first-order valence-electron chi connectivity index (χ1n) is 8.05. The van der Waals surface area contributed by atoms with E-state index in [1.165, 1.54) is 18.4 Å². The molecule has 0 bridgehead atoms. The second-order valence-electron chi connectivity index (χ2n) is 6.25. The Hall–Kier alpha value is -2.56. The van der Waals surface area contributed by atoms with Gasteiger partial charge in [-0.05, 0) is 25.3 Å². The fourth-order valence-corrected chi connectivity index (χ4v) is 2.97. The van der Waals surface area contributed by atoms with E-state index >= 15 is 0 Å². The zero-order chi connectivity index (χ0) is 15.8. The molecule has 4 rings (SSSR count). The maximum absolute atomic E-state index is 5.01. The maximum Gasteiger partial charge on any atom is 0.197 e. The monoisotopic (exact) mass is 307 g/mol. The Balaban J connectivity index is 1.66. The Labute approximate surface area is 136 Å². The highest BCUT2D eigenvalue weighted by atomic mass is 15.4. The van der Waals surface area contributed by atoms with E-state index < -0.39 is 0 Å². The summed E-state index contributed by atoms with van der Waals surface area (Å²) in [6.07, 6.45) is 8.48. The van der Waals surface area contributed by atoms with Gasteiger partial charge in [-0.1, -0.05) is 30.3 Å². The third-order valence-electron chi connectivity index (χ3n) is 4.27. The first kappa shape index (κ1) is 14.1. The first-order valence-corrected chi connectivity index (χ1v) is 8.05. The number of hydrogen-bond donors (Lipinski definition) is 1. The molecular weight excluding hydrogens is 286 g/mol. The molecule has 2 aliphatic rings. The molecule has 0 spiro atoms. The average Bonchev–Trinajstić information content (AvgIpc) is 3.32. The van der Waals surface area contributed by atoms with Crippen LogP contribution < -0.4 is 5.32 Å². The van der Waals surface area contributed by atoms with E-state index in [0.29, 0.717) is 6.04 Å². The number of hydrogen-bond acceptors (Lipinski definition) is 4. The molecule has 1 N–H and O–H groups in total. The number of aryl methyl sites for hydroxylation is 1. The summed E-state index contributed by atoms with van der Waals surface area (Å²) in [4.78, 5) is 7.35. The van der Waals surface area contributed by atoms with Crippen LogP contribution in [0.15, 0.2) is 59.5 Å².